The van der Waals surface area contributed by atoms with Gasteiger partial charge in [0.1, 0.15) is 0 Å². The predicted octanol–water partition coefficient (Wildman–Crippen LogP) is 2.14. The molecule has 0 unspecified atom stereocenters. The molecule has 0 aromatic heterocycles. The molecule has 0 bridgehead atoms. The van der Waals surface area contributed by atoms with Crippen molar-refractivity contribution in [2.24, 2.45) is 0 Å². The summed E-state index contributed by atoms with van der Waals surface area (Å²) >= 11 is 0. The molecule has 1 aliphatic heterocycles. The number of carbonyl (C=O) groups is 2. The number of amides is 1. The van der Waals surface area contributed by atoms with E-state index in [1.807, 2.05) is 6.92 Å². The van der Waals surface area contributed by atoms with Gasteiger partial charge in [-0.25, -0.2) is 13.2 Å². The van der Waals surface area contributed by atoms with Crippen molar-refractivity contribution in [1.29, 1.82) is 0 Å². The Morgan fingerprint density at radius 3 is 2.48 bits per heavy atom. The zero-order chi connectivity index (χ0) is 18.4. The molecule has 25 heavy (non-hydrogen) atoms. The lowest BCUT2D eigenvalue weighted by Crippen LogP contribution is -2.43. The average Bonchev–Trinajstić information content (AvgIpc) is 2.62. The highest BCUT2D eigenvalue weighted by atomic mass is 32.2. The van der Waals surface area contributed by atoms with Crippen LogP contribution in [-0.4, -0.2) is 43.8 Å². The molecular formula is C17H24N2O5S. The van der Waals surface area contributed by atoms with Crippen LogP contribution < -0.4 is 5.32 Å². The maximum Gasteiger partial charge on any atom is 0.397 e. The maximum absolute atomic E-state index is 12.8. The minimum absolute atomic E-state index is 0.0296. The van der Waals surface area contributed by atoms with Crippen LogP contribution in [0.3, 0.4) is 0 Å². The van der Waals surface area contributed by atoms with Gasteiger partial charge in [0.25, 0.3) is 0 Å². The number of hydrogen-bond acceptors (Lipinski definition) is 5. The van der Waals surface area contributed by atoms with Crippen LogP contribution in [0.25, 0.3) is 0 Å². The fourth-order valence-corrected chi connectivity index (χ4v) is 4.69. The van der Waals surface area contributed by atoms with Crippen molar-refractivity contribution in [1.82, 2.24) is 4.31 Å². The van der Waals surface area contributed by atoms with E-state index in [1.54, 1.807) is 11.2 Å². The molecule has 0 aliphatic carbocycles. The van der Waals surface area contributed by atoms with Crippen LogP contribution in [0.2, 0.25) is 0 Å². The third-order valence-corrected chi connectivity index (χ3v) is 6.19. The van der Waals surface area contributed by atoms with Gasteiger partial charge in [-0.15, -0.1) is 0 Å². The first-order valence-electron chi connectivity index (χ1n) is 8.50. The van der Waals surface area contributed by atoms with Crippen molar-refractivity contribution in [3.63, 3.8) is 0 Å². The zero-order valence-corrected chi connectivity index (χ0v) is 15.3. The molecule has 1 fully saturated rings. The number of nitrogens with zero attached hydrogens (tertiary/aromatic N) is 1. The number of hydrogen-bond donors (Lipinski definition) is 1. The Labute approximate surface area is 148 Å². The Hall–Kier alpha value is -1.93. The minimum Gasteiger partial charge on any atom is -0.459 e. The molecular weight excluding hydrogens is 344 g/mol. The van der Waals surface area contributed by atoms with Crippen molar-refractivity contribution in [2.45, 2.75) is 50.5 Å². The maximum atomic E-state index is 12.8. The van der Waals surface area contributed by atoms with Crippen LogP contribution in [0.5, 0.6) is 0 Å². The van der Waals surface area contributed by atoms with Crippen molar-refractivity contribution in [2.75, 3.05) is 18.5 Å². The van der Waals surface area contributed by atoms with E-state index >= 15 is 0 Å². The van der Waals surface area contributed by atoms with Gasteiger partial charge in [-0.2, -0.15) is 4.31 Å². The predicted molar refractivity (Wildman–Crippen MR) is 93.5 cm³/mol. The number of benzene rings is 1. The number of anilines is 1. The van der Waals surface area contributed by atoms with Gasteiger partial charge >= 0.3 is 11.9 Å². The number of carbonyl (C=O) groups excluding carboxylic acids is 2. The molecule has 8 heteroatoms. The Kier molecular flexibility index (Phi) is 6.55. The molecule has 1 aromatic rings. The monoisotopic (exact) mass is 368 g/mol. The van der Waals surface area contributed by atoms with Gasteiger partial charge in [-0.1, -0.05) is 13.3 Å². The van der Waals surface area contributed by atoms with Crippen molar-refractivity contribution in [3.05, 3.63) is 24.3 Å². The lowest BCUT2D eigenvalue weighted by atomic mass is 10.0. The van der Waals surface area contributed by atoms with E-state index in [1.165, 1.54) is 24.3 Å². The topological polar surface area (TPSA) is 92.8 Å². The molecule has 1 aliphatic rings. The van der Waals surface area contributed by atoms with Gasteiger partial charge in [0, 0.05) is 18.3 Å². The summed E-state index contributed by atoms with van der Waals surface area (Å²) in [5, 5.41) is 2.38. The number of nitrogens with one attached hydrogen (secondary N) is 1. The molecule has 0 saturated carbocycles. The summed E-state index contributed by atoms with van der Waals surface area (Å²) in [6.07, 6.45) is 3.57. The van der Waals surface area contributed by atoms with Gasteiger partial charge in [-0.05, 0) is 50.5 Å². The van der Waals surface area contributed by atoms with Gasteiger partial charge in [-0.3, -0.25) is 4.79 Å². The fourth-order valence-electron chi connectivity index (χ4n) is 2.92. The van der Waals surface area contributed by atoms with E-state index in [9.17, 15) is 18.0 Å². The standard InChI is InChI=1S/C17H24N2O5S/c1-3-14-7-5-6-12-19(14)25(22,23)15-10-8-13(9-11-15)18-16(20)17(21)24-4-2/h8-11,14H,3-7,12H2,1-2H3,(H,18,20)/t14-/m0/s1. The van der Waals surface area contributed by atoms with Gasteiger partial charge in [0.05, 0.1) is 11.5 Å². The van der Waals surface area contributed by atoms with Crippen LogP contribution in [0.15, 0.2) is 29.2 Å². The molecule has 1 N–H and O–H groups in total. The highest BCUT2D eigenvalue weighted by molar-refractivity contribution is 7.89. The number of piperidine rings is 1. The Bertz CT molecular complexity index is 715. The molecule has 1 amide bonds. The summed E-state index contributed by atoms with van der Waals surface area (Å²) in [4.78, 5) is 23.1. The fraction of sp³-hybridized carbons (Fsp3) is 0.529. The second-order valence-corrected chi connectivity index (χ2v) is 7.76. The summed E-state index contributed by atoms with van der Waals surface area (Å²) in [6, 6.07) is 5.85. The molecule has 1 saturated heterocycles. The molecule has 7 nitrogen and oxygen atoms in total. The van der Waals surface area contributed by atoms with E-state index in [-0.39, 0.29) is 17.5 Å². The van der Waals surface area contributed by atoms with E-state index in [0.29, 0.717) is 12.2 Å². The quantitative estimate of drug-likeness (QED) is 0.635. The summed E-state index contributed by atoms with van der Waals surface area (Å²) in [6.45, 7) is 4.24. The number of ether oxygens (including phenoxy) is 1. The molecule has 138 valence electrons. The Balaban J connectivity index is 2.13. The molecule has 0 radical (unpaired) electrons. The number of rotatable bonds is 5. The first-order chi connectivity index (χ1) is 11.9. The highest BCUT2D eigenvalue weighted by Crippen LogP contribution is 2.27. The summed E-state index contributed by atoms with van der Waals surface area (Å²) < 4.78 is 31.9. The van der Waals surface area contributed by atoms with Gasteiger partial charge in [0.2, 0.25) is 10.0 Å². The van der Waals surface area contributed by atoms with E-state index in [2.05, 4.69) is 10.1 Å². The van der Waals surface area contributed by atoms with E-state index in [0.717, 1.165) is 25.7 Å². The third kappa shape index (κ3) is 4.58. The molecule has 1 atom stereocenters. The Morgan fingerprint density at radius 2 is 1.88 bits per heavy atom. The van der Waals surface area contributed by atoms with Gasteiger partial charge < -0.3 is 10.1 Å². The second-order valence-electron chi connectivity index (χ2n) is 5.87. The number of sulfonamides is 1. The first kappa shape index (κ1) is 19.4. The van der Waals surface area contributed by atoms with Crippen LogP contribution in [0.1, 0.15) is 39.5 Å². The Morgan fingerprint density at radius 1 is 1.20 bits per heavy atom. The smallest absolute Gasteiger partial charge is 0.397 e. The lowest BCUT2D eigenvalue weighted by molar-refractivity contribution is -0.152. The SMILES string of the molecule is CCOC(=O)C(=O)Nc1ccc(S(=O)(=O)N2CCCC[C@@H]2CC)cc1. The second kappa shape index (κ2) is 8.44. The minimum atomic E-state index is -3.56. The third-order valence-electron chi connectivity index (χ3n) is 4.22. The zero-order valence-electron chi connectivity index (χ0n) is 14.5. The average molecular weight is 368 g/mol. The largest absolute Gasteiger partial charge is 0.459 e. The van der Waals surface area contributed by atoms with E-state index < -0.39 is 21.9 Å². The summed E-state index contributed by atoms with van der Waals surface area (Å²) in [5.74, 6) is -1.86. The van der Waals surface area contributed by atoms with Gasteiger partial charge in [0.15, 0.2) is 0 Å². The van der Waals surface area contributed by atoms with Crippen LogP contribution in [-0.2, 0) is 24.3 Å². The highest BCUT2D eigenvalue weighted by Gasteiger charge is 2.32. The van der Waals surface area contributed by atoms with Crippen LogP contribution >= 0.6 is 0 Å². The molecule has 1 aromatic carbocycles. The molecule has 1 heterocycles. The van der Waals surface area contributed by atoms with Crippen molar-refractivity contribution < 1.29 is 22.7 Å². The van der Waals surface area contributed by atoms with Crippen molar-refractivity contribution in [3.8, 4) is 0 Å². The number of esters is 1. The molecule has 0 spiro atoms. The lowest BCUT2D eigenvalue weighted by Gasteiger charge is -2.34. The van der Waals surface area contributed by atoms with Crippen molar-refractivity contribution >= 4 is 27.6 Å². The van der Waals surface area contributed by atoms with Crippen LogP contribution in [0.4, 0.5) is 5.69 Å². The first-order valence-corrected chi connectivity index (χ1v) is 9.94. The molecule has 2 rings (SSSR count). The summed E-state index contributed by atoms with van der Waals surface area (Å²) in [7, 11) is -3.56. The van der Waals surface area contributed by atoms with E-state index in [4.69, 9.17) is 0 Å². The van der Waals surface area contributed by atoms with Crippen LogP contribution in [0, 0.1) is 0 Å². The normalized spacial score (nSPS) is 18.6. The summed E-state index contributed by atoms with van der Waals surface area (Å²) in [5.41, 5.74) is 0.336.